The summed E-state index contributed by atoms with van der Waals surface area (Å²) in [4.78, 5) is 15.1. The van der Waals surface area contributed by atoms with E-state index in [2.05, 4.69) is 17.1 Å². The lowest BCUT2D eigenvalue weighted by Crippen LogP contribution is -2.52. The van der Waals surface area contributed by atoms with E-state index in [1.807, 2.05) is 0 Å². The molecule has 4 heteroatoms. The predicted octanol–water partition coefficient (Wildman–Crippen LogP) is 1.53. The number of carbonyl (C=O) groups is 1. The summed E-state index contributed by atoms with van der Waals surface area (Å²) < 4.78 is 0. The Hall–Kier alpha value is -0.610. The molecule has 0 radical (unpaired) electrons. The van der Waals surface area contributed by atoms with Crippen LogP contribution in [0.15, 0.2) is 0 Å². The van der Waals surface area contributed by atoms with Crippen LogP contribution in [0, 0.1) is 5.41 Å². The van der Waals surface area contributed by atoms with Crippen molar-refractivity contribution in [1.29, 1.82) is 0 Å². The van der Waals surface area contributed by atoms with Crippen LogP contribution < -0.4 is 5.32 Å². The van der Waals surface area contributed by atoms with Crippen LogP contribution in [0.2, 0.25) is 0 Å². The molecular weight excluding hydrogens is 240 g/mol. The van der Waals surface area contributed by atoms with Gasteiger partial charge in [-0.1, -0.05) is 13.3 Å². The molecule has 0 saturated carbocycles. The second-order valence-electron chi connectivity index (χ2n) is 6.12. The summed E-state index contributed by atoms with van der Waals surface area (Å²) in [6.45, 7) is 5.03. The number of likely N-dealkylation sites (tertiary alicyclic amines) is 1. The van der Waals surface area contributed by atoms with Gasteiger partial charge in [0.25, 0.3) is 0 Å². The van der Waals surface area contributed by atoms with E-state index >= 15 is 0 Å². The average Bonchev–Trinajstić information content (AvgIpc) is 2.89. The van der Waals surface area contributed by atoms with E-state index in [1.54, 1.807) is 0 Å². The topological polar surface area (TPSA) is 52.6 Å². The van der Waals surface area contributed by atoms with E-state index in [4.69, 9.17) is 0 Å². The Labute approximate surface area is 116 Å². The molecule has 2 aliphatic rings. The van der Waals surface area contributed by atoms with Crippen LogP contribution in [0.3, 0.4) is 0 Å². The summed E-state index contributed by atoms with van der Waals surface area (Å²) >= 11 is 0. The number of hydrogen-bond donors (Lipinski definition) is 2. The number of carbonyl (C=O) groups excluding carboxylic acids is 1. The Kier molecular flexibility index (Phi) is 5.22. The lowest BCUT2D eigenvalue weighted by molar-refractivity contribution is -0.146. The van der Waals surface area contributed by atoms with Crippen LogP contribution >= 0.6 is 0 Å². The van der Waals surface area contributed by atoms with Crippen LogP contribution in [0.25, 0.3) is 0 Å². The van der Waals surface area contributed by atoms with Crippen LogP contribution in [0.1, 0.15) is 51.9 Å². The van der Waals surface area contributed by atoms with E-state index in [0.29, 0.717) is 5.91 Å². The van der Waals surface area contributed by atoms with Crippen LogP contribution in [-0.2, 0) is 4.79 Å². The summed E-state index contributed by atoms with van der Waals surface area (Å²) in [6.07, 6.45) is 7.12. The molecule has 0 bridgehead atoms. The van der Waals surface area contributed by atoms with Crippen LogP contribution in [0.4, 0.5) is 0 Å². The first-order chi connectivity index (χ1) is 9.23. The number of aliphatic hydroxyl groups is 1. The molecule has 2 rings (SSSR count). The lowest BCUT2D eigenvalue weighted by atomic mass is 9.80. The third-order valence-corrected chi connectivity index (χ3v) is 4.78. The summed E-state index contributed by atoms with van der Waals surface area (Å²) in [5.74, 6) is 0.345. The summed E-state index contributed by atoms with van der Waals surface area (Å²) in [6, 6.07) is 0.264. The van der Waals surface area contributed by atoms with Gasteiger partial charge in [-0.3, -0.25) is 4.79 Å². The Morgan fingerprint density at radius 3 is 2.95 bits per heavy atom. The molecule has 2 heterocycles. The van der Waals surface area contributed by atoms with Gasteiger partial charge in [0.05, 0.1) is 5.41 Å². The number of nitrogens with zero attached hydrogens (tertiary/aromatic N) is 1. The minimum Gasteiger partial charge on any atom is -0.396 e. The van der Waals surface area contributed by atoms with Crippen molar-refractivity contribution in [3.63, 3.8) is 0 Å². The zero-order chi connectivity index (χ0) is 13.7. The lowest BCUT2D eigenvalue weighted by Gasteiger charge is -2.41. The van der Waals surface area contributed by atoms with Gasteiger partial charge in [0.1, 0.15) is 0 Å². The van der Waals surface area contributed by atoms with Gasteiger partial charge >= 0.3 is 0 Å². The average molecular weight is 268 g/mol. The van der Waals surface area contributed by atoms with Gasteiger partial charge < -0.3 is 15.3 Å². The third-order valence-electron chi connectivity index (χ3n) is 4.78. The molecule has 0 spiro atoms. The molecule has 4 nitrogen and oxygen atoms in total. The van der Waals surface area contributed by atoms with Crippen molar-refractivity contribution in [2.24, 2.45) is 5.41 Å². The largest absolute Gasteiger partial charge is 0.396 e. The summed E-state index contributed by atoms with van der Waals surface area (Å²) in [5.41, 5.74) is -0.167. The maximum absolute atomic E-state index is 13.0. The number of hydrogen-bond acceptors (Lipinski definition) is 3. The number of amides is 1. The van der Waals surface area contributed by atoms with E-state index in [1.165, 1.54) is 6.42 Å². The molecule has 2 unspecified atom stereocenters. The maximum Gasteiger partial charge on any atom is 0.230 e. The molecule has 0 aliphatic carbocycles. The highest BCUT2D eigenvalue weighted by atomic mass is 16.3. The van der Waals surface area contributed by atoms with Crippen LogP contribution in [-0.4, -0.2) is 48.2 Å². The Balaban J connectivity index is 2.10. The highest BCUT2D eigenvalue weighted by molar-refractivity contribution is 5.83. The Morgan fingerprint density at radius 1 is 1.47 bits per heavy atom. The molecular formula is C15H28N2O2. The van der Waals surface area contributed by atoms with Gasteiger partial charge in [0, 0.05) is 25.7 Å². The molecule has 2 fully saturated rings. The first kappa shape index (κ1) is 14.8. The molecule has 2 saturated heterocycles. The Bertz CT molecular complexity index is 299. The van der Waals surface area contributed by atoms with Crippen LogP contribution in [0.5, 0.6) is 0 Å². The normalized spacial score (nSPS) is 31.7. The van der Waals surface area contributed by atoms with Gasteiger partial charge in [-0.25, -0.2) is 0 Å². The number of piperidine rings is 1. The van der Waals surface area contributed by atoms with E-state index in [-0.39, 0.29) is 18.1 Å². The SMILES string of the molecule is CCCC1(C(=O)N2CCCCC2CCO)CCNC1. The smallest absolute Gasteiger partial charge is 0.230 e. The van der Waals surface area contributed by atoms with Crippen molar-refractivity contribution in [3.8, 4) is 0 Å². The first-order valence-electron chi connectivity index (χ1n) is 7.86. The molecule has 2 aliphatic heterocycles. The van der Waals surface area contributed by atoms with E-state index in [0.717, 1.165) is 58.2 Å². The number of rotatable bonds is 5. The minimum absolute atomic E-state index is 0.167. The van der Waals surface area contributed by atoms with Gasteiger partial charge in [-0.2, -0.15) is 0 Å². The standard InChI is InChI=1S/C15H28N2O2/c1-2-7-15(8-9-16-12-15)14(19)17-10-4-3-5-13(17)6-11-18/h13,16,18H,2-12H2,1H3. The molecule has 0 aromatic rings. The molecule has 0 aromatic heterocycles. The molecule has 1 amide bonds. The van der Waals surface area contributed by atoms with Gasteiger partial charge in [0.2, 0.25) is 5.91 Å². The monoisotopic (exact) mass is 268 g/mol. The van der Waals surface area contributed by atoms with Crippen molar-refractivity contribution in [2.75, 3.05) is 26.2 Å². The second kappa shape index (κ2) is 6.71. The van der Waals surface area contributed by atoms with Crippen molar-refractivity contribution >= 4 is 5.91 Å². The molecule has 110 valence electrons. The van der Waals surface area contributed by atoms with E-state index in [9.17, 15) is 9.90 Å². The minimum atomic E-state index is -0.167. The molecule has 2 N–H and O–H groups in total. The maximum atomic E-state index is 13.0. The van der Waals surface area contributed by atoms with Gasteiger partial charge in [0.15, 0.2) is 0 Å². The van der Waals surface area contributed by atoms with Crippen molar-refractivity contribution in [2.45, 2.75) is 57.9 Å². The number of nitrogens with one attached hydrogen (secondary N) is 1. The number of aliphatic hydroxyl groups excluding tert-OH is 1. The fraction of sp³-hybridized carbons (Fsp3) is 0.933. The zero-order valence-corrected chi connectivity index (χ0v) is 12.2. The fourth-order valence-electron chi connectivity index (χ4n) is 3.75. The van der Waals surface area contributed by atoms with Gasteiger partial charge in [-0.15, -0.1) is 0 Å². The summed E-state index contributed by atoms with van der Waals surface area (Å²) in [7, 11) is 0. The zero-order valence-electron chi connectivity index (χ0n) is 12.2. The van der Waals surface area contributed by atoms with Gasteiger partial charge in [-0.05, 0) is 45.1 Å². The van der Waals surface area contributed by atoms with E-state index < -0.39 is 0 Å². The van der Waals surface area contributed by atoms with Crippen molar-refractivity contribution in [3.05, 3.63) is 0 Å². The fourth-order valence-corrected chi connectivity index (χ4v) is 3.75. The van der Waals surface area contributed by atoms with Crippen molar-refractivity contribution in [1.82, 2.24) is 10.2 Å². The highest BCUT2D eigenvalue weighted by Gasteiger charge is 2.44. The molecule has 0 aromatic carbocycles. The molecule has 19 heavy (non-hydrogen) atoms. The predicted molar refractivity (Wildman–Crippen MR) is 75.9 cm³/mol. The quantitative estimate of drug-likeness (QED) is 0.795. The third kappa shape index (κ3) is 3.11. The van der Waals surface area contributed by atoms with Crippen molar-refractivity contribution < 1.29 is 9.90 Å². The first-order valence-corrected chi connectivity index (χ1v) is 7.86. The Morgan fingerprint density at radius 2 is 2.32 bits per heavy atom. The highest BCUT2D eigenvalue weighted by Crippen LogP contribution is 2.35. The summed E-state index contributed by atoms with van der Waals surface area (Å²) in [5, 5.41) is 12.6. The second-order valence-corrected chi connectivity index (χ2v) is 6.12. The molecule has 2 atom stereocenters.